The van der Waals surface area contributed by atoms with Gasteiger partial charge in [0.1, 0.15) is 0 Å². The van der Waals surface area contributed by atoms with Crippen molar-refractivity contribution in [2.24, 2.45) is 0 Å². The van der Waals surface area contributed by atoms with Gasteiger partial charge < -0.3 is 0 Å². The third-order valence-electron chi connectivity index (χ3n) is 3.17. The summed E-state index contributed by atoms with van der Waals surface area (Å²) in [5.41, 5.74) is 0. The van der Waals surface area contributed by atoms with Gasteiger partial charge in [0, 0.05) is 30.2 Å². The van der Waals surface area contributed by atoms with Crippen molar-refractivity contribution in [1.82, 2.24) is 4.90 Å². The topological polar surface area (TPSA) is 37.4 Å². The van der Waals surface area contributed by atoms with Gasteiger partial charge in [-0.05, 0) is 19.3 Å². The Balaban J connectivity index is 2.36. The number of hydrogen-bond acceptors (Lipinski definition) is 3. The molecular weight excluding hydrogens is 290 g/mol. The lowest BCUT2D eigenvalue weighted by atomic mass is 9.91. The molecule has 0 atom stereocenters. The molecule has 0 amide bonds. The molecule has 0 aromatic carbocycles. The average Bonchev–Trinajstić information content (AvgIpc) is 2.12. The van der Waals surface area contributed by atoms with E-state index in [1.54, 1.807) is 0 Å². The van der Waals surface area contributed by atoms with Gasteiger partial charge in [-0.15, -0.1) is 0 Å². The van der Waals surface area contributed by atoms with Gasteiger partial charge in [-0.2, -0.15) is 0 Å². The van der Waals surface area contributed by atoms with Gasteiger partial charge in [0.25, 0.3) is 0 Å². The highest BCUT2D eigenvalue weighted by Gasteiger charge is 2.25. The van der Waals surface area contributed by atoms with E-state index in [0.29, 0.717) is 24.1 Å². The van der Waals surface area contributed by atoms with E-state index in [0.717, 1.165) is 18.3 Å². The summed E-state index contributed by atoms with van der Waals surface area (Å²) in [6.07, 6.45) is 4.50. The molecule has 3 nitrogen and oxygen atoms in total. The Bertz CT molecular complexity index is 288. The van der Waals surface area contributed by atoms with Crippen molar-refractivity contribution in [3.8, 4) is 0 Å². The van der Waals surface area contributed by atoms with Gasteiger partial charge in [0.15, 0.2) is 9.84 Å². The highest BCUT2D eigenvalue weighted by molar-refractivity contribution is 9.09. The van der Waals surface area contributed by atoms with Gasteiger partial charge in [-0.25, -0.2) is 8.42 Å². The van der Waals surface area contributed by atoms with Crippen LogP contribution in [0.5, 0.6) is 0 Å². The Morgan fingerprint density at radius 2 is 1.94 bits per heavy atom. The fourth-order valence-electron chi connectivity index (χ4n) is 2.01. The summed E-state index contributed by atoms with van der Waals surface area (Å²) in [4.78, 5) is 2.32. The minimum absolute atomic E-state index is 0.324. The van der Waals surface area contributed by atoms with Gasteiger partial charge in [-0.3, -0.25) is 4.90 Å². The molecular formula is C11H22BrNO2S. The minimum atomic E-state index is -2.82. The second-order valence-electron chi connectivity index (χ2n) is 4.46. The van der Waals surface area contributed by atoms with E-state index in [1.807, 2.05) is 6.92 Å². The number of hydrogen-bond donors (Lipinski definition) is 0. The predicted octanol–water partition coefficient (Wildman–Crippen LogP) is 2.06. The molecule has 96 valence electrons. The van der Waals surface area contributed by atoms with Crippen LogP contribution in [0.2, 0.25) is 0 Å². The van der Waals surface area contributed by atoms with E-state index in [9.17, 15) is 8.42 Å². The summed E-state index contributed by atoms with van der Waals surface area (Å²) >= 11 is 3.43. The zero-order valence-electron chi connectivity index (χ0n) is 9.99. The van der Waals surface area contributed by atoms with E-state index in [2.05, 4.69) is 20.8 Å². The van der Waals surface area contributed by atoms with Crippen LogP contribution in [0.15, 0.2) is 0 Å². The zero-order valence-corrected chi connectivity index (χ0v) is 12.4. The number of alkyl halides is 1. The van der Waals surface area contributed by atoms with Crippen LogP contribution in [0.4, 0.5) is 0 Å². The fraction of sp³-hybridized carbons (Fsp3) is 1.00. The maximum absolute atomic E-state index is 11.6. The van der Waals surface area contributed by atoms with Crippen molar-refractivity contribution < 1.29 is 8.42 Å². The summed E-state index contributed by atoms with van der Waals surface area (Å²) in [6.45, 7) is 3.59. The maximum Gasteiger partial charge on any atom is 0.151 e. The molecule has 0 bridgehead atoms. The standard InChI is InChI=1S/C11H22BrNO2S/c1-2-9-16(14,15)10-8-13(7-6-12)11-4-3-5-11/h11H,2-10H2,1H3. The monoisotopic (exact) mass is 311 g/mol. The predicted molar refractivity (Wildman–Crippen MR) is 72.0 cm³/mol. The molecule has 5 heteroatoms. The molecule has 0 saturated heterocycles. The molecule has 1 aliphatic rings. The second-order valence-corrected chi connectivity index (χ2v) is 7.56. The molecule has 0 aromatic heterocycles. The normalized spacial score (nSPS) is 17.7. The Morgan fingerprint density at radius 1 is 1.25 bits per heavy atom. The molecule has 1 saturated carbocycles. The quantitative estimate of drug-likeness (QED) is 0.644. The van der Waals surface area contributed by atoms with Crippen LogP contribution in [-0.4, -0.2) is 49.3 Å². The molecule has 0 aliphatic heterocycles. The minimum Gasteiger partial charge on any atom is -0.299 e. The molecule has 0 heterocycles. The van der Waals surface area contributed by atoms with Crippen molar-refractivity contribution in [3.05, 3.63) is 0 Å². The third kappa shape index (κ3) is 4.72. The lowest BCUT2D eigenvalue weighted by Gasteiger charge is -2.37. The summed E-state index contributed by atoms with van der Waals surface area (Å²) in [5.74, 6) is 0.657. The highest BCUT2D eigenvalue weighted by Crippen LogP contribution is 2.24. The molecule has 0 radical (unpaired) electrons. The zero-order chi connectivity index (χ0) is 12.0. The van der Waals surface area contributed by atoms with Crippen LogP contribution in [-0.2, 0) is 9.84 Å². The van der Waals surface area contributed by atoms with Crippen LogP contribution >= 0.6 is 15.9 Å². The van der Waals surface area contributed by atoms with Gasteiger partial charge >= 0.3 is 0 Å². The van der Waals surface area contributed by atoms with Crippen LogP contribution in [0.1, 0.15) is 32.6 Å². The number of sulfone groups is 1. The van der Waals surface area contributed by atoms with E-state index < -0.39 is 9.84 Å². The fourth-order valence-corrected chi connectivity index (χ4v) is 3.80. The lowest BCUT2D eigenvalue weighted by molar-refractivity contribution is 0.144. The maximum atomic E-state index is 11.6. The lowest BCUT2D eigenvalue weighted by Crippen LogP contribution is -2.43. The number of halogens is 1. The van der Waals surface area contributed by atoms with Gasteiger partial charge in [0.05, 0.1) is 5.75 Å². The first kappa shape index (κ1) is 14.5. The van der Waals surface area contributed by atoms with E-state index >= 15 is 0 Å². The average molecular weight is 312 g/mol. The van der Waals surface area contributed by atoms with Crippen LogP contribution in [0.25, 0.3) is 0 Å². The first-order chi connectivity index (χ1) is 7.59. The van der Waals surface area contributed by atoms with Gasteiger partial charge in [-0.1, -0.05) is 29.3 Å². The van der Waals surface area contributed by atoms with Crippen LogP contribution in [0, 0.1) is 0 Å². The third-order valence-corrected chi connectivity index (χ3v) is 5.36. The van der Waals surface area contributed by atoms with E-state index in [1.165, 1.54) is 19.3 Å². The number of nitrogens with zero attached hydrogens (tertiary/aromatic N) is 1. The number of rotatable bonds is 8. The molecule has 0 unspecified atom stereocenters. The first-order valence-corrected chi connectivity index (χ1v) is 9.04. The molecule has 0 N–H and O–H groups in total. The van der Waals surface area contributed by atoms with Crippen molar-refractivity contribution in [3.63, 3.8) is 0 Å². The van der Waals surface area contributed by atoms with E-state index in [4.69, 9.17) is 0 Å². The first-order valence-electron chi connectivity index (χ1n) is 6.09. The molecule has 1 fully saturated rings. The summed E-state index contributed by atoms with van der Waals surface area (Å²) in [6, 6.07) is 0.634. The Hall–Kier alpha value is 0.390. The van der Waals surface area contributed by atoms with Crippen molar-refractivity contribution in [1.29, 1.82) is 0 Å². The van der Waals surface area contributed by atoms with Crippen molar-refractivity contribution >= 4 is 25.8 Å². The SMILES string of the molecule is CCCS(=O)(=O)CCN(CCBr)C1CCC1. The Kier molecular flexibility index (Phi) is 6.29. The smallest absolute Gasteiger partial charge is 0.151 e. The Morgan fingerprint density at radius 3 is 2.38 bits per heavy atom. The summed E-state index contributed by atoms with van der Waals surface area (Å²) in [5, 5.41) is 0.928. The molecule has 16 heavy (non-hydrogen) atoms. The van der Waals surface area contributed by atoms with Gasteiger partial charge in [0.2, 0.25) is 0 Å². The largest absolute Gasteiger partial charge is 0.299 e. The summed E-state index contributed by atoms with van der Waals surface area (Å²) in [7, 11) is -2.82. The van der Waals surface area contributed by atoms with Crippen LogP contribution < -0.4 is 0 Å². The highest BCUT2D eigenvalue weighted by atomic mass is 79.9. The molecule has 1 aliphatic carbocycles. The molecule has 1 rings (SSSR count). The van der Waals surface area contributed by atoms with Crippen molar-refractivity contribution in [2.75, 3.05) is 29.9 Å². The van der Waals surface area contributed by atoms with Crippen molar-refractivity contribution in [2.45, 2.75) is 38.6 Å². The Labute approximate surface area is 108 Å². The van der Waals surface area contributed by atoms with Crippen LogP contribution in [0.3, 0.4) is 0 Å². The van der Waals surface area contributed by atoms with E-state index in [-0.39, 0.29) is 0 Å². The summed E-state index contributed by atoms with van der Waals surface area (Å²) < 4.78 is 23.3. The second kappa shape index (κ2) is 6.97. The molecule has 0 aromatic rings. The molecule has 0 spiro atoms.